The van der Waals surface area contributed by atoms with E-state index in [0.29, 0.717) is 15.7 Å². The molecule has 0 spiro atoms. The van der Waals surface area contributed by atoms with Crippen LogP contribution in [0.1, 0.15) is 5.56 Å². The number of carbonyl (C=O) groups is 2. The molecule has 0 saturated heterocycles. The Morgan fingerprint density at radius 3 is 2.75 bits per heavy atom. The van der Waals surface area contributed by atoms with Crippen LogP contribution in [0.3, 0.4) is 0 Å². The van der Waals surface area contributed by atoms with Crippen molar-refractivity contribution in [3.05, 3.63) is 39.8 Å². The van der Waals surface area contributed by atoms with Gasteiger partial charge in [0.15, 0.2) is 10.00 Å². The summed E-state index contributed by atoms with van der Waals surface area (Å²) in [4.78, 5) is 23.7. The van der Waals surface area contributed by atoms with Gasteiger partial charge in [-0.2, -0.15) is 0 Å². The summed E-state index contributed by atoms with van der Waals surface area (Å²) in [5, 5.41) is 11.6. The number of benzene rings is 1. The number of aromatic nitrogens is 2. The zero-order valence-electron chi connectivity index (χ0n) is 12.8. The molecule has 0 radical (unpaired) electrons. The molecule has 1 heterocycles. The van der Waals surface area contributed by atoms with Crippen molar-refractivity contribution >= 4 is 40.7 Å². The SMILES string of the molecule is COC(=O)[C@H](COCc1ccccc1)NC(=O)Nc1n[nH]c(=S)s1. The number of anilines is 1. The Morgan fingerprint density at radius 1 is 1.38 bits per heavy atom. The van der Waals surface area contributed by atoms with Gasteiger partial charge in [-0.05, 0) is 17.8 Å². The van der Waals surface area contributed by atoms with Crippen molar-refractivity contribution in [3.63, 3.8) is 0 Å². The van der Waals surface area contributed by atoms with Crippen LogP contribution in [0.25, 0.3) is 0 Å². The predicted octanol–water partition coefficient (Wildman–Crippen LogP) is 2.08. The number of rotatable bonds is 7. The summed E-state index contributed by atoms with van der Waals surface area (Å²) < 4.78 is 10.6. The van der Waals surface area contributed by atoms with Crippen LogP contribution in [0.2, 0.25) is 0 Å². The number of ether oxygens (including phenoxy) is 2. The number of hydrogen-bond acceptors (Lipinski definition) is 7. The average Bonchev–Trinajstić information content (AvgIpc) is 2.99. The predicted molar refractivity (Wildman–Crippen MR) is 91.4 cm³/mol. The average molecular weight is 368 g/mol. The first-order valence-electron chi connectivity index (χ1n) is 6.91. The van der Waals surface area contributed by atoms with E-state index in [-0.39, 0.29) is 6.61 Å². The van der Waals surface area contributed by atoms with Gasteiger partial charge in [-0.1, -0.05) is 41.7 Å². The molecule has 0 saturated carbocycles. The number of amides is 2. The lowest BCUT2D eigenvalue weighted by molar-refractivity contribution is -0.144. The highest BCUT2D eigenvalue weighted by Gasteiger charge is 2.22. The van der Waals surface area contributed by atoms with Gasteiger partial charge in [0.25, 0.3) is 0 Å². The lowest BCUT2D eigenvalue weighted by atomic mass is 10.2. The molecule has 128 valence electrons. The number of esters is 1. The third-order valence-electron chi connectivity index (χ3n) is 2.85. The number of nitrogens with zero attached hydrogens (tertiary/aromatic N) is 1. The van der Waals surface area contributed by atoms with E-state index in [9.17, 15) is 9.59 Å². The molecule has 1 atom stereocenters. The summed E-state index contributed by atoms with van der Waals surface area (Å²) in [6.45, 7) is 0.295. The first-order valence-corrected chi connectivity index (χ1v) is 8.13. The Hall–Kier alpha value is -2.30. The van der Waals surface area contributed by atoms with E-state index in [2.05, 4.69) is 25.6 Å². The molecule has 3 N–H and O–H groups in total. The smallest absolute Gasteiger partial charge is 0.330 e. The number of nitrogens with one attached hydrogen (secondary N) is 3. The highest BCUT2D eigenvalue weighted by atomic mass is 32.1. The molecule has 2 aromatic rings. The van der Waals surface area contributed by atoms with E-state index >= 15 is 0 Å². The molecule has 1 aromatic carbocycles. The summed E-state index contributed by atoms with van der Waals surface area (Å²) in [5.41, 5.74) is 0.960. The zero-order valence-corrected chi connectivity index (χ0v) is 14.4. The maximum Gasteiger partial charge on any atom is 0.330 e. The Labute approximate surface area is 147 Å². The van der Waals surface area contributed by atoms with Gasteiger partial charge in [0.05, 0.1) is 20.3 Å². The van der Waals surface area contributed by atoms with Gasteiger partial charge in [0.2, 0.25) is 5.13 Å². The third-order valence-corrected chi connectivity index (χ3v) is 3.85. The minimum absolute atomic E-state index is 0.0226. The van der Waals surface area contributed by atoms with Crippen LogP contribution < -0.4 is 10.6 Å². The van der Waals surface area contributed by atoms with E-state index in [0.717, 1.165) is 16.9 Å². The first kappa shape index (κ1) is 18.0. The molecule has 0 aliphatic heterocycles. The lowest BCUT2D eigenvalue weighted by Gasteiger charge is -2.16. The fourth-order valence-electron chi connectivity index (χ4n) is 1.75. The van der Waals surface area contributed by atoms with Crippen molar-refractivity contribution in [2.45, 2.75) is 12.6 Å². The number of H-pyrrole nitrogens is 1. The Kier molecular flexibility index (Phi) is 6.85. The van der Waals surface area contributed by atoms with Crippen molar-refractivity contribution in [3.8, 4) is 0 Å². The standard InChI is InChI=1S/C14H16N4O4S2/c1-21-11(19)10(8-22-7-9-5-3-2-4-6-9)15-12(20)16-13-17-18-14(23)24-13/h2-6,10H,7-8H2,1H3,(H,18,23)(H2,15,16,17,20)/t10-/m0/s1. The van der Waals surface area contributed by atoms with E-state index in [1.807, 2.05) is 30.3 Å². The van der Waals surface area contributed by atoms with Crippen molar-refractivity contribution in [1.29, 1.82) is 0 Å². The monoisotopic (exact) mass is 368 g/mol. The van der Waals surface area contributed by atoms with E-state index in [1.165, 1.54) is 7.11 Å². The first-order chi connectivity index (χ1) is 11.6. The number of aromatic amines is 1. The highest BCUT2D eigenvalue weighted by Crippen LogP contribution is 2.10. The Bertz CT molecular complexity index is 732. The van der Waals surface area contributed by atoms with Crippen molar-refractivity contribution < 1.29 is 19.1 Å². The Morgan fingerprint density at radius 2 is 2.12 bits per heavy atom. The molecule has 8 nitrogen and oxygen atoms in total. The molecule has 2 rings (SSSR count). The second kappa shape index (κ2) is 9.11. The molecule has 0 fully saturated rings. The zero-order chi connectivity index (χ0) is 17.4. The topological polar surface area (TPSA) is 105 Å². The summed E-state index contributed by atoms with van der Waals surface area (Å²) in [7, 11) is 1.24. The maximum atomic E-state index is 11.9. The summed E-state index contributed by atoms with van der Waals surface area (Å²) in [6, 6.07) is 7.94. The summed E-state index contributed by atoms with van der Waals surface area (Å²) in [6.07, 6.45) is 0. The van der Waals surface area contributed by atoms with Crippen LogP contribution in [0.15, 0.2) is 30.3 Å². The molecule has 0 aliphatic rings. The number of hydrogen-bond donors (Lipinski definition) is 3. The number of methoxy groups -OCH3 is 1. The largest absolute Gasteiger partial charge is 0.467 e. The molecule has 10 heteroatoms. The van der Waals surface area contributed by atoms with Gasteiger partial charge in [-0.3, -0.25) is 10.4 Å². The molecule has 0 unspecified atom stereocenters. The van der Waals surface area contributed by atoms with Crippen molar-refractivity contribution in [2.75, 3.05) is 19.0 Å². The molecule has 1 aromatic heterocycles. The van der Waals surface area contributed by atoms with Crippen LogP contribution >= 0.6 is 23.6 Å². The third kappa shape index (κ3) is 5.72. The fourth-order valence-corrected chi connectivity index (χ4v) is 2.54. The fraction of sp³-hybridized carbons (Fsp3) is 0.286. The Balaban J connectivity index is 1.86. The van der Waals surface area contributed by atoms with Crippen molar-refractivity contribution in [2.24, 2.45) is 0 Å². The van der Waals surface area contributed by atoms with E-state index in [4.69, 9.17) is 17.0 Å². The summed E-state index contributed by atoms with van der Waals surface area (Å²) in [5.74, 6) is -0.604. The quantitative estimate of drug-likeness (QED) is 0.510. The molecule has 0 bridgehead atoms. The molecule has 2 amide bonds. The number of urea groups is 1. The van der Waals surface area contributed by atoms with Gasteiger partial charge in [0.1, 0.15) is 0 Å². The summed E-state index contributed by atoms with van der Waals surface area (Å²) >= 11 is 5.97. The number of carbonyl (C=O) groups excluding carboxylic acids is 2. The van der Waals surface area contributed by atoms with Crippen LogP contribution in [-0.4, -0.2) is 42.0 Å². The minimum Gasteiger partial charge on any atom is -0.467 e. The van der Waals surface area contributed by atoms with Crippen LogP contribution in [0.5, 0.6) is 0 Å². The van der Waals surface area contributed by atoms with E-state index in [1.54, 1.807) is 0 Å². The maximum absolute atomic E-state index is 11.9. The second-order valence-corrected chi connectivity index (χ2v) is 6.26. The lowest BCUT2D eigenvalue weighted by Crippen LogP contribution is -2.46. The van der Waals surface area contributed by atoms with Gasteiger partial charge in [-0.25, -0.2) is 9.59 Å². The normalized spacial score (nSPS) is 11.5. The molecule has 0 aliphatic carbocycles. The second-order valence-electron chi connectivity index (χ2n) is 4.59. The molecular formula is C14H16N4O4S2. The molecular weight excluding hydrogens is 352 g/mol. The van der Waals surface area contributed by atoms with Crippen LogP contribution in [0.4, 0.5) is 9.93 Å². The van der Waals surface area contributed by atoms with Crippen LogP contribution in [-0.2, 0) is 20.9 Å². The van der Waals surface area contributed by atoms with Gasteiger partial charge in [0, 0.05) is 0 Å². The van der Waals surface area contributed by atoms with Crippen molar-refractivity contribution in [1.82, 2.24) is 15.5 Å². The van der Waals surface area contributed by atoms with Gasteiger partial charge < -0.3 is 14.8 Å². The molecule has 24 heavy (non-hydrogen) atoms. The minimum atomic E-state index is -0.939. The van der Waals surface area contributed by atoms with E-state index < -0.39 is 18.0 Å². The van der Waals surface area contributed by atoms with Gasteiger partial charge in [-0.15, -0.1) is 5.10 Å². The highest BCUT2D eigenvalue weighted by molar-refractivity contribution is 7.73. The van der Waals surface area contributed by atoms with Gasteiger partial charge >= 0.3 is 12.0 Å². The van der Waals surface area contributed by atoms with Crippen LogP contribution in [0, 0.1) is 3.95 Å².